The van der Waals surface area contributed by atoms with Crippen molar-refractivity contribution >= 4 is 48.2 Å². The van der Waals surface area contributed by atoms with E-state index in [0.29, 0.717) is 57.7 Å². The second-order valence-electron chi connectivity index (χ2n) is 14.6. The second-order valence-corrected chi connectivity index (χ2v) is 16.4. The van der Waals surface area contributed by atoms with Crippen molar-refractivity contribution < 1.29 is 91.4 Å². The maximum atomic E-state index is 17.0. The molecule has 6 heterocycles. The molecular formula is C41H40ClCsF2N6O3S. The number of aromatic nitrogens is 3. The number of benzene rings is 3. The number of nitrogens with zero attached hydrogens (tertiary/aromatic N) is 5. The van der Waals surface area contributed by atoms with Crippen molar-refractivity contribution in [2.24, 2.45) is 0 Å². The number of fused-ring (bicyclic) bond motifs is 5. The zero-order valence-electron chi connectivity index (χ0n) is 30.9. The Bertz CT molecular complexity index is 2320. The van der Waals surface area contributed by atoms with Crippen LogP contribution in [0, 0.1) is 31.4 Å². The molecular weight excluding hydrogens is 863 g/mol. The van der Waals surface area contributed by atoms with Gasteiger partial charge in [-0.15, -0.1) is 6.42 Å². The van der Waals surface area contributed by atoms with Crippen LogP contribution < -0.4 is 83.8 Å². The van der Waals surface area contributed by atoms with Gasteiger partial charge in [0.15, 0.2) is 5.82 Å². The van der Waals surface area contributed by atoms with Crippen LogP contribution in [0.5, 0.6) is 6.01 Å². The van der Waals surface area contributed by atoms with Gasteiger partial charge < -0.3 is 27.1 Å². The molecule has 0 radical (unpaired) electrons. The molecule has 9 nitrogen and oxygen atoms in total. The van der Waals surface area contributed by atoms with Gasteiger partial charge in [-0.25, -0.2) is 13.0 Å². The SMILES string of the molecule is C#Cc1c(F)ccc2cccc(-c3ncc4c(N5CC6CCC(C5)N6)nc(OCC56CCCN5CC(OCc5cccc(S(=O)Cl)c5)C6)nc4c3F)c12.[CH3-].[Cs+]. The van der Waals surface area contributed by atoms with E-state index in [1.165, 1.54) is 6.07 Å². The fourth-order valence-corrected chi connectivity index (χ4v) is 9.62. The summed E-state index contributed by atoms with van der Waals surface area (Å²) in [6.45, 7) is 3.82. The minimum Gasteiger partial charge on any atom is -0.461 e. The summed E-state index contributed by atoms with van der Waals surface area (Å²) < 4.78 is 56.5. The fourth-order valence-electron chi connectivity index (χ4n) is 8.90. The molecule has 0 spiro atoms. The van der Waals surface area contributed by atoms with Crippen LogP contribution in [-0.2, 0) is 21.4 Å². The van der Waals surface area contributed by atoms with E-state index in [1.54, 1.807) is 30.5 Å². The Kier molecular flexibility index (Phi) is 12.6. The van der Waals surface area contributed by atoms with Gasteiger partial charge in [-0.05, 0) is 78.5 Å². The molecule has 4 aliphatic heterocycles. The zero-order chi connectivity index (χ0) is 36.3. The Balaban J connectivity index is 0.00000233. The molecule has 4 saturated heterocycles. The quantitative estimate of drug-likeness (QED) is 0.134. The van der Waals surface area contributed by atoms with Crippen LogP contribution in [0.15, 0.2) is 65.7 Å². The monoisotopic (exact) mass is 902 g/mol. The van der Waals surface area contributed by atoms with Crippen molar-refractivity contribution in [3.8, 4) is 29.6 Å². The van der Waals surface area contributed by atoms with Gasteiger partial charge in [-0.3, -0.25) is 9.88 Å². The summed E-state index contributed by atoms with van der Waals surface area (Å²) in [5, 5.41) is 5.25. The smallest absolute Gasteiger partial charge is 0.461 e. The van der Waals surface area contributed by atoms with Gasteiger partial charge in [0.2, 0.25) is 0 Å². The number of terminal acetylenes is 1. The number of hydrogen-bond donors (Lipinski definition) is 1. The number of hydrogen-bond acceptors (Lipinski definition) is 9. The molecule has 0 saturated carbocycles. The molecule has 5 atom stereocenters. The second kappa shape index (κ2) is 17.0. The van der Waals surface area contributed by atoms with Crippen LogP contribution in [0.3, 0.4) is 0 Å². The van der Waals surface area contributed by atoms with E-state index >= 15 is 4.39 Å². The van der Waals surface area contributed by atoms with Gasteiger partial charge in [0.1, 0.15) is 39.5 Å². The number of nitrogens with one attached hydrogen (secondary N) is 1. The summed E-state index contributed by atoms with van der Waals surface area (Å²) in [5.74, 6) is 1.84. The molecule has 4 fully saturated rings. The first-order valence-electron chi connectivity index (χ1n) is 18.0. The maximum absolute atomic E-state index is 17.0. The average molecular weight is 903 g/mol. The standard InChI is InChI=1S/C40H37ClF2N6O3S.CH3.Cs/c1-2-30-33(42)13-10-25-7-4-9-31(34(25)30)36-35(43)37-32(18-44-36)38(48-19-26-11-12-27(20-48)45-26)47-39(46-37)52-23-40-14-5-15-49(40)21-28(17-40)51-22-24-6-3-8-29(16-24)53(41)50;;/h1,3-4,6-10,13,16,18,26-28,45H,5,11-12,14-15,17,19-23H2;1H3;/q;-1;+1. The molecule has 5 unspecified atom stereocenters. The van der Waals surface area contributed by atoms with Crippen molar-refractivity contribution in [2.75, 3.05) is 37.7 Å². The van der Waals surface area contributed by atoms with Crippen LogP contribution in [0.1, 0.15) is 43.2 Å². The first kappa shape index (κ1) is 41.0. The van der Waals surface area contributed by atoms with Crippen molar-refractivity contribution in [3.05, 3.63) is 91.0 Å². The molecule has 2 bridgehead atoms. The number of ether oxygens (including phenoxy) is 2. The third-order valence-electron chi connectivity index (χ3n) is 11.4. The van der Waals surface area contributed by atoms with Gasteiger partial charge in [-0.2, -0.15) is 9.97 Å². The van der Waals surface area contributed by atoms with Gasteiger partial charge in [-0.1, -0.05) is 42.3 Å². The Morgan fingerprint density at radius 1 is 1.07 bits per heavy atom. The van der Waals surface area contributed by atoms with E-state index in [4.69, 9.17) is 36.5 Å². The van der Waals surface area contributed by atoms with E-state index in [1.807, 2.05) is 24.3 Å². The van der Waals surface area contributed by atoms with Crippen molar-refractivity contribution in [1.29, 1.82) is 0 Å². The molecule has 55 heavy (non-hydrogen) atoms. The van der Waals surface area contributed by atoms with Gasteiger partial charge >= 0.3 is 74.9 Å². The van der Waals surface area contributed by atoms with Crippen LogP contribution >= 0.6 is 10.7 Å². The normalized spacial score (nSPS) is 23.6. The predicted molar refractivity (Wildman–Crippen MR) is 208 cm³/mol. The summed E-state index contributed by atoms with van der Waals surface area (Å²) in [6, 6.07) is 16.3. The Labute approximate surface area is 385 Å². The van der Waals surface area contributed by atoms with Gasteiger partial charge in [0.25, 0.3) is 0 Å². The maximum Gasteiger partial charge on any atom is 1.00 e. The predicted octanol–water partition coefficient (Wildman–Crippen LogP) is 3.96. The average Bonchev–Trinajstić information content (AvgIpc) is 3.84. The minimum atomic E-state index is -1.58. The number of anilines is 1. The Hall–Kier alpha value is -2.20. The van der Waals surface area contributed by atoms with Crippen LogP contribution in [0.4, 0.5) is 14.6 Å². The number of piperazine rings is 1. The van der Waals surface area contributed by atoms with E-state index in [2.05, 4.69) is 26.0 Å². The van der Waals surface area contributed by atoms with Crippen molar-refractivity contribution in [1.82, 2.24) is 25.2 Å². The Morgan fingerprint density at radius 2 is 1.87 bits per heavy atom. The van der Waals surface area contributed by atoms with E-state index in [0.717, 1.165) is 63.8 Å². The summed E-state index contributed by atoms with van der Waals surface area (Å²) >= 11 is 0. The number of halogens is 3. The number of pyridine rings is 1. The van der Waals surface area contributed by atoms with Gasteiger partial charge in [0.05, 0.1) is 34.1 Å². The summed E-state index contributed by atoms with van der Waals surface area (Å²) in [7, 11) is 4.22. The summed E-state index contributed by atoms with van der Waals surface area (Å²) in [5.41, 5.74) is 1.19. The summed E-state index contributed by atoms with van der Waals surface area (Å²) in [6.07, 6.45) is 12.2. The van der Waals surface area contributed by atoms with E-state index in [9.17, 15) is 8.60 Å². The van der Waals surface area contributed by atoms with Crippen LogP contribution in [0.2, 0.25) is 0 Å². The molecule has 9 rings (SSSR count). The molecule has 280 valence electrons. The first-order valence-corrected chi connectivity index (χ1v) is 20.0. The van der Waals surface area contributed by atoms with E-state index < -0.39 is 21.6 Å². The fraction of sp³-hybridized carbons (Fsp3) is 0.366. The molecule has 0 amide bonds. The molecule has 2 aromatic heterocycles. The topological polar surface area (TPSA) is 92.7 Å². The molecule has 0 aliphatic carbocycles. The molecule has 1 N–H and O–H groups in total. The largest absolute Gasteiger partial charge is 1.00 e. The minimum absolute atomic E-state index is 0. The third kappa shape index (κ3) is 7.87. The first-order chi connectivity index (χ1) is 25.8. The third-order valence-corrected chi connectivity index (χ3v) is 12.5. The van der Waals surface area contributed by atoms with Crippen molar-refractivity contribution in [2.45, 2.75) is 67.3 Å². The zero-order valence-corrected chi connectivity index (χ0v) is 38.7. The van der Waals surface area contributed by atoms with Crippen LogP contribution in [-0.4, -0.2) is 80.6 Å². The Morgan fingerprint density at radius 3 is 2.65 bits per heavy atom. The van der Waals surface area contributed by atoms with Crippen molar-refractivity contribution in [3.63, 3.8) is 0 Å². The molecule has 4 aliphatic rings. The molecule has 5 aromatic rings. The molecule has 14 heteroatoms. The number of rotatable bonds is 9. The summed E-state index contributed by atoms with van der Waals surface area (Å²) in [4.78, 5) is 19.4. The van der Waals surface area contributed by atoms with E-state index in [-0.39, 0.29) is 111 Å². The molecule has 3 aromatic carbocycles. The van der Waals surface area contributed by atoms with Crippen LogP contribution in [0.25, 0.3) is 32.9 Å². The van der Waals surface area contributed by atoms with Gasteiger partial charge in [0, 0.05) is 48.9 Å².